The molecule has 26 heavy (non-hydrogen) atoms. The van der Waals surface area contributed by atoms with E-state index < -0.39 is 6.04 Å². The average molecular weight is 393 g/mol. The van der Waals surface area contributed by atoms with E-state index in [0.29, 0.717) is 10.0 Å². The van der Waals surface area contributed by atoms with E-state index in [1.165, 1.54) is 0 Å². The Morgan fingerprint density at radius 1 is 1.12 bits per heavy atom. The third-order valence-corrected chi connectivity index (χ3v) is 5.09. The van der Waals surface area contributed by atoms with Crippen LogP contribution in [0.15, 0.2) is 42.5 Å². The molecule has 6 heteroatoms. The SMILES string of the molecule is CNC(=O)[C@H](C)N(Cc1ccc(Cl)c(Cl)c1)C(=O)Cc1ccccc1C. The Bertz CT molecular complexity index is 808. The van der Waals surface area contributed by atoms with E-state index in [2.05, 4.69) is 5.32 Å². The smallest absolute Gasteiger partial charge is 0.242 e. The molecule has 4 nitrogen and oxygen atoms in total. The molecule has 138 valence electrons. The van der Waals surface area contributed by atoms with Gasteiger partial charge >= 0.3 is 0 Å². The van der Waals surface area contributed by atoms with Crippen molar-refractivity contribution in [3.8, 4) is 0 Å². The summed E-state index contributed by atoms with van der Waals surface area (Å²) in [7, 11) is 1.56. The summed E-state index contributed by atoms with van der Waals surface area (Å²) in [6.07, 6.45) is 0.231. The van der Waals surface area contributed by atoms with Crippen molar-refractivity contribution in [3.05, 3.63) is 69.2 Å². The number of halogens is 2. The molecule has 1 N–H and O–H groups in total. The molecule has 0 radical (unpaired) electrons. The van der Waals surface area contributed by atoms with Crippen molar-refractivity contribution in [3.63, 3.8) is 0 Å². The summed E-state index contributed by atoms with van der Waals surface area (Å²) < 4.78 is 0. The van der Waals surface area contributed by atoms with E-state index in [1.807, 2.05) is 31.2 Å². The van der Waals surface area contributed by atoms with Crippen LogP contribution in [0, 0.1) is 6.92 Å². The minimum atomic E-state index is -0.606. The van der Waals surface area contributed by atoms with E-state index in [9.17, 15) is 9.59 Å². The molecule has 0 aliphatic carbocycles. The zero-order valence-electron chi connectivity index (χ0n) is 15.1. The standard InChI is InChI=1S/C20H22Cl2N2O2/c1-13-6-4-5-7-16(13)11-19(25)24(14(2)20(26)23-3)12-15-8-9-17(21)18(22)10-15/h4-10,14H,11-12H2,1-3H3,(H,23,26)/t14-/m0/s1. The van der Waals surface area contributed by atoms with Crippen LogP contribution in [-0.4, -0.2) is 29.8 Å². The van der Waals surface area contributed by atoms with Gasteiger partial charge in [-0.15, -0.1) is 0 Å². The fraction of sp³-hybridized carbons (Fsp3) is 0.300. The number of likely N-dealkylation sites (N-methyl/N-ethyl adjacent to an activating group) is 1. The van der Waals surface area contributed by atoms with Crippen molar-refractivity contribution in [1.82, 2.24) is 10.2 Å². The van der Waals surface area contributed by atoms with Crippen molar-refractivity contribution in [2.24, 2.45) is 0 Å². The largest absolute Gasteiger partial charge is 0.357 e. The number of amides is 2. The highest BCUT2D eigenvalue weighted by Gasteiger charge is 2.26. The minimum Gasteiger partial charge on any atom is -0.357 e. The van der Waals surface area contributed by atoms with Gasteiger partial charge in [-0.05, 0) is 42.7 Å². The lowest BCUT2D eigenvalue weighted by Gasteiger charge is -2.28. The number of carbonyl (C=O) groups is 2. The molecule has 0 aromatic heterocycles. The third-order valence-electron chi connectivity index (χ3n) is 4.35. The molecule has 0 heterocycles. The lowest BCUT2D eigenvalue weighted by molar-refractivity contribution is -0.139. The number of hydrogen-bond acceptors (Lipinski definition) is 2. The zero-order valence-corrected chi connectivity index (χ0v) is 16.6. The second-order valence-corrected chi connectivity index (χ2v) is 6.98. The van der Waals surface area contributed by atoms with Crippen molar-refractivity contribution in [2.45, 2.75) is 32.9 Å². The summed E-state index contributed by atoms with van der Waals surface area (Å²) in [5.41, 5.74) is 2.80. The number of nitrogens with one attached hydrogen (secondary N) is 1. The molecule has 0 unspecified atom stereocenters. The number of benzene rings is 2. The summed E-state index contributed by atoms with van der Waals surface area (Å²) in [5, 5.41) is 3.47. The van der Waals surface area contributed by atoms with Crippen LogP contribution >= 0.6 is 23.2 Å². The lowest BCUT2D eigenvalue weighted by Crippen LogP contribution is -2.47. The Morgan fingerprint density at radius 3 is 2.42 bits per heavy atom. The highest BCUT2D eigenvalue weighted by Crippen LogP contribution is 2.24. The number of nitrogens with zero attached hydrogens (tertiary/aromatic N) is 1. The van der Waals surface area contributed by atoms with Gasteiger partial charge in [-0.1, -0.05) is 53.5 Å². The van der Waals surface area contributed by atoms with Gasteiger partial charge in [0.1, 0.15) is 6.04 Å². The van der Waals surface area contributed by atoms with Gasteiger partial charge in [-0.3, -0.25) is 9.59 Å². The van der Waals surface area contributed by atoms with Crippen LogP contribution in [0.2, 0.25) is 10.0 Å². The Morgan fingerprint density at radius 2 is 1.81 bits per heavy atom. The second kappa shape index (κ2) is 9.06. The summed E-state index contributed by atoms with van der Waals surface area (Å²) >= 11 is 12.0. The predicted octanol–water partition coefficient (Wildman–Crippen LogP) is 4.01. The predicted molar refractivity (Wildman–Crippen MR) is 105 cm³/mol. The molecule has 0 fully saturated rings. The van der Waals surface area contributed by atoms with Gasteiger partial charge < -0.3 is 10.2 Å². The molecule has 0 spiro atoms. The summed E-state index contributed by atoms with van der Waals surface area (Å²) in [6.45, 7) is 3.95. The van der Waals surface area contributed by atoms with Gasteiger partial charge in [0.25, 0.3) is 0 Å². The minimum absolute atomic E-state index is 0.124. The number of aryl methyl sites for hydroxylation is 1. The molecule has 1 atom stereocenters. The van der Waals surface area contributed by atoms with Crippen LogP contribution in [0.25, 0.3) is 0 Å². The van der Waals surface area contributed by atoms with Gasteiger partial charge in [0.05, 0.1) is 16.5 Å². The molecule has 0 saturated carbocycles. The monoisotopic (exact) mass is 392 g/mol. The molecule has 2 amide bonds. The molecule has 0 aliphatic rings. The van der Waals surface area contributed by atoms with Crippen LogP contribution in [-0.2, 0) is 22.6 Å². The van der Waals surface area contributed by atoms with Crippen LogP contribution in [0.5, 0.6) is 0 Å². The maximum atomic E-state index is 13.0. The van der Waals surface area contributed by atoms with Crippen LogP contribution in [0.1, 0.15) is 23.6 Å². The van der Waals surface area contributed by atoms with Gasteiger partial charge in [0.2, 0.25) is 11.8 Å². The van der Waals surface area contributed by atoms with Gasteiger partial charge in [0.15, 0.2) is 0 Å². The maximum Gasteiger partial charge on any atom is 0.242 e. The fourth-order valence-corrected chi connectivity index (χ4v) is 3.02. The van der Waals surface area contributed by atoms with Crippen molar-refractivity contribution in [1.29, 1.82) is 0 Å². The van der Waals surface area contributed by atoms with Gasteiger partial charge in [-0.2, -0.15) is 0 Å². The molecule has 0 saturated heterocycles. The summed E-state index contributed by atoms with van der Waals surface area (Å²) in [5.74, 6) is -0.343. The van der Waals surface area contributed by atoms with Crippen LogP contribution < -0.4 is 5.32 Å². The van der Waals surface area contributed by atoms with Crippen molar-refractivity contribution >= 4 is 35.0 Å². The van der Waals surface area contributed by atoms with E-state index in [1.54, 1.807) is 37.1 Å². The normalized spacial score (nSPS) is 11.7. The summed E-state index contributed by atoms with van der Waals surface area (Å²) in [4.78, 5) is 26.7. The highest BCUT2D eigenvalue weighted by molar-refractivity contribution is 6.42. The maximum absolute atomic E-state index is 13.0. The molecule has 2 aromatic carbocycles. The van der Waals surface area contributed by atoms with Crippen LogP contribution in [0.3, 0.4) is 0 Å². The van der Waals surface area contributed by atoms with Crippen LogP contribution in [0.4, 0.5) is 0 Å². The topological polar surface area (TPSA) is 49.4 Å². The van der Waals surface area contributed by atoms with E-state index >= 15 is 0 Å². The first kappa shape index (κ1) is 20.3. The highest BCUT2D eigenvalue weighted by atomic mass is 35.5. The third kappa shape index (κ3) is 4.99. The molecule has 0 bridgehead atoms. The van der Waals surface area contributed by atoms with E-state index in [0.717, 1.165) is 16.7 Å². The Kier molecular flexibility index (Phi) is 7.06. The van der Waals surface area contributed by atoms with Gasteiger partial charge in [-0.25, -0.2) is 0 Å². The first-order valence-corrected chi connectivity index (χ1v) is 9.08. The number of carbonyl (C=O) groups excluding carboxylic acids is 2. The van der Waals surface area contributed by atoms with Gasteiger partial charge in [0, 0.05) is 13.6 Å². The quantitative estimate of drug-likeness (QED) is 0.806. The number of rotatable bonds is 6. The summed E-state index contributed by atoms with van der Waals surface area (Å²) in [6, 6.07) is 12.3. The molecule has 2 rings (SSSR count). The van der Waals surface area contributed by atoms with E-state index in [4.69, 9.17) is 23.2 Å². The Hall–Kier alpha value is -2.04. The molecular weight excluding hydrogens is 371 g/mol. The fourth-order valence-electron chi connectivity index (χ4n) is 2.70. The Balaban J connectivity index is 2.27. The molecule has 2 aromatic rings. The van der Waals surface area contributed by atoms with Crippen molar-refractivity contribution < 1.29 is 9.59 Å². The molecular formula is C20H22Cl2N2O2. The number of hydrogen-bond donors (Lipinski definition) is 1. The lowest BCUT2D eigenvalue weighted by atomic mass is 10.0. The van der Waals surface area contributed by atoms with Crippen molar-refractivity contribution in [2.75, 3.05) is 7.05 Å². The zero-order chi connectivity index (χ0) is 19.3. The second-order valence-electron chi connectivity index (χ2n) is 6.16. The first-order chi connectivity index (χ1) is 12.3. The van der Waals surface area contributed by atoms with E-state index in [-0.39, 0.29) is 24.8 Å². The Labute approximate surface area is 164 Å². The molecule has 0 aliphatic heterocycles. The average Bonchev–Trinajstić information content (AvgIpc) is 2.63. The first-order valence-electron chi connectivity index (χ1n) is 8.33.